The van der Waals surface area contributed by atoms with E-state index in [1.807, 2.05) is 11.6 Å². The molecule has 0 radical (unpaired) electrons. The topological polar surface area (TPSA) is 34.6 Å². The van der Waals surface area contributed by atoms with Crippen molar-refractivity contribution in [3.05, 3.63) is 16.6 Å². The van der Waals surface area contributed by atoms with Crippen molar-refractivity contribution >= 4 is 11.3 Å². The Morgan fingerprint density at radius 1 is 1.71 bits per heavy atom. The fourth-order valence-electron chi connectivity index (χ4n) is 2.82. The predicted molar refractivity (Wildman–Crippen MR) is 66.1 cm³/mol. The zero-order valence-corrected chi connectivity index (χ0v) is 10.9. The first-order valence-electron chi connectivity index (χ1n) is 6.07. The minimum absolute atomic E-state index is 0.0535. The van der Waals surface area contributed by atoms with Gasteiger partial charge in [0.05, 0.1) is 24.9 Å². The number of hydrogen-bond donors (Lipinski definition) is 0. The van der Waals surface area contributed by atoms with E-state index in [9.17, 15) is 0 Å². The summed E-state index contributed by atoms with van der Waals surface area (Å²) in [5.41, 5.74) is 0.0535. The summed E-state index contributed by atoms with van der Waals surface area (Å²) in [6.07, 6.45) is 4.32. The number of hydrogen-bond acceptors (Lipinski definition) is 5. The van der Waals surface area contributed by atoms with Gasteiger partial charge in [0.2, 0.25) is 0 Å². The monoisotopic (exact) mass is 254 g/mol. The molecule has 0 aliphatic carbocycles. The third-order valence-electron chi connectivity index (χ3n) is 3.75. The Labute approximate surface area is 106 Å². The summed E-state index contributed by atoms with van der Waals surface area (Å²) in [6.45, 7) is 3.84. The second-order valence-corrected chi connectivity index (χ2v) is 5.92. The predicted octanol–water partition coefficient (Wildman–Crippen LogP) is 1.52. The van der Waals surface area contributed by atoms with Crippen LogP contribution in [0.1, 0.15) is 17.8 Å². The minimum Gasteiger partial charge on any atom is -0.379 e. The quantitative estimate of drug-likeness (QED) is 0.819. The lowest BCUT2D eigenvalue weighted by Gasteiger charge is -2.22. The number of aromatic nitrogens is 1. The van der Waals surface area contributed by atoms with Gasteiger partial charge in [-0.3, -0.25) is 4.90 Å². The standard InChI is InChI=1S/C12H18N2O2S/c1-15-10-6-12(16-8-10)2-4-14(9-12)7-11-13-3-5-17-11/h3,5,10H,2,4,6-9H2,1H3/t10-,12-/m0/s1. The second kappa shape index (κ2) is 4.65. The van der Waals surface area contributed by atoms with Crippen molar-refractivity contribution in [1.82, 2.24) is 9.88 Å². The lowest BCUT2D eigenvalue weighted by Crippen LogP contribution is -2.32. The molecule has 17 heavy (non-hydrogen) atoms. The molecule has 94 valence electrons. The van der Waals surface area contributed by atoms with E-state index >= 15 is 0 Å². The highest BCUT2D eigenvalue weighted by atomic mass is 32.1. The number of nitrogens with zero attached hydrogens (tertiary/aromatic N) is 2. The highest BCUT2D eigenvalue weighted by molar-refractivity contribution is 7.09. The first-order chi connectivity index (χ1) is 8.30. The Bertz CT molecular complexity index is 371. The van der Waals surface area contributed by atoms with E-state index in [-0.39, 0.29) is 11.7 Å². The van der Waals surface area contributed by atoms with Crippen LogP contribution in [-0.4, -0.2) is 48.4 Å². The molecule has 4 nitrogen and oxygen atoms in total. The average Bonchev–Trinajstić information content (AvgIpc) is 3.03. The van der Waals surface area contributed by atoms with Gasteiger partial charge in [-0.1, -0.05) is 0 Å². The van der Waals surface area contributed by atoms with Crippen LogP contribution in [0.25, 0.3) is 0 Å². The van der Waals surface area contributed by atoms with Crippen molar-refractivity contribution in [2.75, 3.05) is 26.8 Å². The SMILES string of the molecule is CO[C@@H]1CO[C@@]2(CCN(Cc3nccs3)C2)C1. The molecule has 1 aromatic rings. The fourth-order valence-corrected chi connectivity index (χ4v) is 3.48. The van der Waals surface area contributed by atoms with E-state index < -0.39 is 0 Å². The number of likely N-dealkylation sites (tertiary alicyclic amines) is 1. The van der Waals surface area contributed by atoms with E-state index in [4.69, 9.17) is 9.47 Å². The van der Waals surface area contributed by atoms with Crippen molar-refractivity contribution in [3.63, 3.8) is 0 Å². The minimum atomic E-state index is 0.0535. The maximum Gasteiger partial charge on any atom is 0.107 e. The molecule has 0 N–H and O–H groups in total. The number of methoxy groups -OCH3 is 1. The molecule has 0 saturated carbocycles. The first-order valence-corrected chi connectivity index (χ1v) is 6.95. The molecule has 2 aliphatic heterocycles. The van der Waals surface area contributed by atoms with Gasteiger partial charge in [-0.05, 0) is 6.42 Å². The van der Waals surface area contributed by atoms with Gasteiger partial charge in [0.15, 0.2) is 0 Å². The fraction of sp³-hybridized carbons (Fsp3) is 0.750. The molecule has 1 spiro atoms. The lowest BCUT2D eigenvalue weighted by molar-refractivity contribution is 0.00633. The molecule has 2 saturated heterocycles. The van der Waals surface area contributed by atoms with Crippen LogP contribution >= 0.6 is 11.3 Å². The van der Waals surface area contributed by atoms with Crippen LogP contribution in [0.2, 0.25) is 0 Å². The molecule has 3 heterocycles. The molecule has 0 amide bonds. The molecule has 5 heteroatoms. The third-order valence-corrected chi connectivity index (χ3v) is 4.51. The summed E-state index contributed by atoms with van der Waals surface area (Å²) in [6, 6.07) is 0. The van der Waals surface area contributed by atoms with Crippen molar-refractivity contribution in [2.24, 2.45) is 0 Å². The van der Waals surface area contributed by atoms with Gasteiger partial charge < -0.3 is 9.47 Å². The van der Waals surface area contributed by atoms with Crippen LogP contribution in [-0.2, 0) is 16.0 Å². The number of rotatable bonds is 3. The van der Waals surface area contributed by atoms with Crippen LogP contribution in [0, 0.1) is 0 Å². The Balaban J connectivity index is 1.58. The first kappa shape index (κ1) is 11.6. The molecular formula is C12H18N2O2S. The van der Waals surface area contributed by atoms with Gasteiger partial charge in [-0.15, -0.1) is 11.3 Å². The van der Waals surface area contributed by atoms with Crippen LogP contribution in [0.4, 0.5) is 0 Å². The Morgan fingerprint density at radius 3 is 3.35 bits per heavy atom. The normalized spacial score (nSPS) is 33.8. The maximum absolute atomic E-state index is 5.97. The zero-order valence-electron chi connectivity index (χ0n) is 10.1. The zero-order chi connectivity index (χ0) is 11.7. The van der Waals surface area contributed by atoms with Gasteiger partial charge in [-0.25, -0.2) is 4.98 Å². The second-order valence-electron chi connectivity index (χ2n) is 4.94. The third kappa shape index (κ3) is 2.38. The molecule has 0 unspecified atom stereocenters. The van der Waals surface area contributed by atoms with Gasteiger partial charge >= 0.3 is 0 Å². The van der Waals surface area contributed by atoms with Gasteiger partial charge in [0, 0.05) is 38.2 Å². The van der Waals surface area contributed by atoms with Crippen molar-refractivity contribution in [2.45, 2.75) is 31.1 Å². The van der Waals surface area contributed by atoms with Crippen molar-refractivity contribution in [3.8, 4) is 0 Å². The van der Waals surface area contributed by atoms with Crippen molar-refractivity contribution < 1.29 is 9.47 Å². The number of thiazole rings is 1. The molecule has 0 aromatic carbocycles. The summed E-state index contributed by atoms with van der Waals surface area (Å²) in [4.78, 5) is 6.78. The summed E-state index contributed by atoms with van der Waals surface area (Å²) >= 11 is 1.73. The van der Waals surface area contributed by atoms with E-state index in [2.05, 4.69) is 9.88 Å². The molecular weight excluding hydrogens is 236 g/mol. The highest BCUT2D eigenvalue weighted by Crippen LogP contribution is 2.36. The molecule has 1 aromatic heterocycles. The van der Waals surface area contributed by atoms with Crippen molar-refractivity contribution in [1.29, 1.82) is 0 Å². The Kier molecular flexibility index (Phi) is 3.17. The molecule has 2 aliphatic rings. The lowest BCUT2D eigenvalue weighted by atomic mass is 9.98. The van der Waals surface area contributed by atoms with E-state index in [1.54, 1.807) is 18.4 Å². The molecule has 2 atom stereocenters. The number of ether oxygens (including phenoxy) is 2. The molecule has 2 fully saturated rings. The summed E-state index contributed by atoms with van der Waals surface area (Å²) in [5, 5.41) is 3.23. The Morgan fingerprint density at radius 2 is 2.65 bits per heavy atom. The maximum atomic E-state index is 5.97. The Hall–Kier alpha value is -0.490. The highest BCUT2D eigenvalue weighted by Gasteiger charge is 2.45. The van der Waals surface area contributed by atoms with Crippen LogP contribution in [0.3, 0.4) is 0 Å². The summed E-state index contributed by atoms with van der Waals surface area (Å²) in [7, 11) is 1.77. The molecule has 0 bridgehead atoms. The van der Waals surface area contributed by atoms with E-state index in [0.717, 1.165) is 39.1 Å². The van der Waals surface area contributed by atoms with E-state index in [1.165, 1.54) is 5.01 Å². The van der Waals surface area contributed by atoms with Crippen LogP contribution in [0.5, 0.6) is 0 Å². The molecule has 3 rings (SSSR count). The van der Waals surface area contributed by atoms with Crippen LogP contribution in [0.15, 0.2) is 11.6 Å². The van der Waals surface area contributed by atoms with Crippen LogP contribution < -0.4 is 0 Å². The van der Waals surface area contributed by atoms with Gasteiger partial charge in [0.25, 0.3) is 0 Å². The smallest absolute Gasteiger partial charge is 0.107 e. The summed E-state index contributed by atoms with van der Waals surface area (Å²) < 4.78 is 11.4. The average molecular weight is 254 g/mol. The largest absolute Gasteiger partial charge is 0.379 e. The van der Waals surface area contributed by atoms with E-state index in [0.29, 0.717) is 0 Å². The summed E-state index contributed by atoms with van der Waals surface area (Å²) in [5.74, 6) is 0. The van der Waals surface area contributed by atoms with Gasteiger partial charge in [0.1, 0.15) is 5.01 Å². The van der Waals surface area contributed by atoms with Gasteiger partial charge in [-0.2, -0.15) is 0 Å².